The molecule has 0 aromatic heterocycles. The van der Waals surface area contributed by atoms with E-state index in [1.165, 1.54) is 19.3 Å². The number of nitrogens with zero attached hydrogens (tertiary/aromatic N) is 2. The molecular weight excluding hydrogens is 402 g/mol. The van der Waals surface area contributed by atoms with Crippen molar-refractivity contribution >= 4 is 17.5 Å². The molecule has 174 valence electrons. The summed E-state index contributed by atoms with van der Waals surface area (Å²) >= 11 is 0. The topological polar surface area (TPSA) is 61.9 Å². The molecule has 4 aliphatic carbocycles. The molecule has 1 heterocycles. The summed E-state index contributed by atoms with van der Waals surface area (Å²) in [5.41, 5.74) is 0.643. The zero-order valence-electron chi connectivity index (χ0n) is 19.5. The molecule has 32 heavy (non-hydrogen) atoms. The fourth-order valence-electron chi connectivity index (χ4n) is 7.27. The van der Waals surface area contributed by atoms with Crippen LogP contribution in [0.1, 0.15) is 52.4 Å². The van der Waals surface area contributed by atoms with Crippen LogP contribution in [-0.4, -0.2) is 60.4 Å². The summed E-state index contributed by atoms with van der Waals surface area (Å²) in [6.07, 6.45) is 7.44. The van der Waals surface area contributed by atoms with E-state index in [-0.39, 0.29) is 17.4 Å². The predicted octanol–water partition coefficient (Wildman–Crippen LogP) is 3.77. The third-order valence-corrected chi connectivity index (χ3v) is 8.47. The van der Waals surface area contributed by atoms with Crippen molar-refractivity contribution < 1.29 is 14.3 Å². The Kier molecular flexibility index (Phi) is 5.91. The summed E-state index contributed by atoms with van der Waals surface area (Å²) in [6.45, 7) is 7.41. The number of hydrogen-bond donors (Lipinski definition) is 1. The van der Waals surface area contributed by atoms with Crippen molar-refractivity contribution in [1.29, 1.82) is 0 Å². The smallest absolute Gasteiger partial charge is 0.241 e. The largest absolute Gasteiger partial charge is 0.492 e. The number of anilines is 1. The molecular formula is C26H37N3O3. The molecule has 0 spiro atoms. The normalized spacial score (nSPS) is 32.6. The first kappa shape index (κ1) is 21.7. The van der Waals surface area contributed by atoms with E-state index in [4.69, 9.17) is 4.74 Å². The lowest BCUT2D eigenvalue weighted by Crippen LogP contribution is -2.59. The van der Waals surface area contributed by atoms with Crippen LogP contribution in [0.3, 0.4) is 0 Å². The minimum absolute atomic E-state index is 0.0296. The van der Waals surface area contributed by atoms with E-state index in [1.54, 1.807) is 0 Å². The molecule has 6 heteroatoms. The van der Waals surface area contributed by atoms with Crippen molar-refractivity contribution in [2.75, 3.05) is 38.1 Å². The molecule has 1 aromatic rings. The highest BCUT2D eigenvalue weighted by molar-refractivity contribution is 5.95. The maximum Gasteiger partial charge on any atom is 0.241 e. The van der Waals surface area contributed by atoms with Gasteiger partial charge < -0.3 is 15.0 Å². The van der Waals surface area contributed by atoms with Crippen molar-refractivity contribution in [3.05, 3.63) is 24.3 Å². The van der Waals surface area contributed by atoms with Crippen LogP contribution in [0.5, 0.6) is 5.75 Å². The average molecular weight is 440 g/mol. The van der Waals surface area contributed by atoms with Crippen molar-refractivity contribution in [3.8, 4) is 5.75 Å². The summed E-state index contributed by atoms with van der Waals surface area (Å²) in [5.74, 6) is 3.44. The van der Waals surface area contributed by atoms with Gasteiger partial charge in [-0.1, -0.05) is 12.1 Å². The van der Waals surface area contributed by atoms with E-state index in [9.17, 15) is 9.59 Å². The lowest BCUT2D eigenvalue weighted by atomic mass is 9.49. The van der Waals surface area contributed by atoms with Gasteiger partial charge in [0.15, 0.2) is 0 Å². The number of carbonyl (C=O) groups excluding carboxylic acids is 2. The van der Waals surface area contributed by atoms with E-state index < -0.39 is 0 Å². The van der Waals surface area contributed by atoms with Gasteiger partial charge in [-0.2, -0.15) is 0 Å². The fraction of sp³-hybridized carbons (Fsp3) is 0.692. The molecule has 6 nitrogen and oxygen atoms in total. The van der Waals surface area contributed by atoms with Gasteiger partial charge >= 0.3 is 0 Å². The first-order valence-electron chi connectivity index (χ1n) is 12.5. The van der Waals surface area contributed by atoms with Gasteiger partial charge in [-0.05, 0) is 82.3 Å². The number of nitrogens with one attached hydrogen (secondary N) is 1. The third-order valence-electron chi connectivity index (χ3n) is 8.47. The predicted molar refractivity (Wildman–Crippen MR) is 124 cm³/mol. The molecule has 1 saturated heterocycles. The van der Waals surface area contributed by atoms with Crippen molar-refractivity contribution in [1.82, 2.24) is 9.80 Å². The molecule has 6 rings (SSSR count). The minimum atomic E-state index is -0.249. The van der Waals surface area contributed by atoms with Gasteiger partial charge in [-0.25, -0.2) is 0 Å². The fourth-order valence-corrected chi connectivity index (χ4v) is 7.27. The number of piperazine rings is 1. The van der Waals surface area contributed by atoms with E-state index in [0.717, 1.165) is 63.2 Å². The zero-order chi connectivity index (χ0) is 22.3. The van der Waals surface area contributed by atoms with E-state index >= 15 is 0 Å². The van der Waals surface area contributed by atoms with Crippen LogP contribution in [0.15, 0.2) is 24.3 Å². The Bertz CT molecular complexity index is 826. The summed E-state index contributed by atoms with van der Waals surface area (Å²) in [4.78, 5) is 30.8. The molecule has 5 aliphatic rings. The van der Waals surface area contributed by atoms with Gasteiger partial charge in [0.2, 0.25) is 11.8 Å². The molecule has 1 unspecified atom stereocenters. The van der Waals surface area contributed by atoms with Gasteiger partial charge in [-0.3, -0.25) is 14.5 Å². The van der Waals surface area contributed by atoms with E-state index in [0.29, 0.717) is 24.0 Å². The van der Waals surface area contributed by atoms with Gasteiger partial charge in [0.25, 0.3) is 0 Å². The molecule has 4 saturated carbocycles. The van der Waals surface area contributed by atoms with Gasteiger partial charge in [0.1, 0.15) is 5.75 Å². The molecule has 1 aromatic carbocycles. The van der Waals surface area contributed by atoms with Gasteiger partial charge in [0, 0.05) is 26.2 Å². The number of amides is 2. The monoisotopic (exact) mass is 439 g/mol. The van der Waals surface area contributed by atoms with Crippen molar-refractivity contribution in [2.45, 2.75) is 58.4 Å². The Hall–Kier alpha value is -2.08. The van der Waals surface area contributed by atoms with Crippen LogP contribution in [0.2, 0.25) is 0 Å². The summed E-state index contributed by atoms with van der Waals surface area (Å²) in [6, 6.07) is 7.30. The first-order valence-corrected chi connectivity index (χ1v) is 12.5. The highest BCUT2D eigenvalue weighted by Gasteiger charge is 2.55. The average Bonchev–Trinajstić information content (AvgIpc) is 2.79. The van der Waals surface area contributed by atoms with Crippen molar-refractivity contribution in [3.63, 3.8) is 0 Å². The highest BCUT2D eigenvalue weighted by Crippen LogP contribution is 2.60. The molecule has 4 bridgehead atoms. The van der Waals surface area contributed by atoms with E-state index in [1.807, 2.05) is 38.1 Å². The summed E-state index contributed by atoms with van der Waals surface area (Å²) < 4.78 is 5.63. The van der Waals surface area contributed by atoms with Crippen molar-refractivity contribution in [2.24, 2.45) is 23.2 Å². The van der Waals surface area contributed by atoms with Gasteiger partial charge in [-0.15, -0.1) is 0 Å². The summed E-state index contributed by atoms with van der Waals surface area (Å²) in [5, 5.41) is 3.03. The van der Waals surface area contributed by atoms with Crippen LogP contribution < -0.4 is 10.1 Å². The minimum Gasteiger partial charge on any atom is -0.492 e. The second-order valence-corrected chi connectivity index (χ2v) is 10.6. The van der Waals surface area contributed by atoms with Crippen LogP contribution in [0.25, 0.3) is 0 Å². The van der Waals surface area contributed by atoms with Crippen LogP contribution in [0, 0.1) is 23.2 Å². The Balaban J connectivity index is 1.17. The van der Waals surface area contributed by atoms with Gasteiger partial charge in [0.05, 0.1) is 23.8 Å². The SMILES string of the molecule is CCOc1ccccc1NC(=O)C(C)N1CCN(C(=O)C23CC4CC(CC(C4)C2)C3)CC1. The number of para-hydroxylation sites is 2. The lowest BCUT2D eigenvalue weighted by Gasteiger charge is -2.57. The Morgan fingerprint density at radius 2 is 1.62 bits per heavy atom. The molecule has 2 amide bonds. The number of carbonyl (C=O) groups is 2. The Morgan fingerprint density at radius 1 is 1.03 bits per heavy atom. The van der Waals surface area contributed by atoms with E-state index in [2.05, 4.69) is 15.1 Å². The second-order valence-electron chi connectivity index (χ2n) is 10.6. The number of rotatable bonds is 6. The zero-order valence-corrected chi connectivity index (χ0v) is 19.5. The molecule has 1 atom stereocenters. The quantitative estimate of drug-likeness (QED) is 0.733. The second kappa shape index (κ2) is 8.69. The Morgan fingerprint density at radius 3 is 2.22 bits per heavy atom. The summed E-state index contributed by atoms with van der Waals surface area (Å²) in [7, 11) is 0. The molecule has 1 N–H and O–H groups in total. The Labute approximate surface area is 191 Å². The number of ether oxygens (including phenoxy) is 1. The van der Waals surface area contributed by atoms with Crippen LogP contribution >= 0.6 is 0 Å². The third kappa shape index (κ3) is 4.02. The molecule has 5 fully saturated rings. The standard InChI is InChI=1S/C26H37N3O3/c1-3-32-23-7-5-4-6-22(23)27-24(30)18(2)28-8-10-29(11-9-28)25(31)26-15-19-12-20(16-26)14-21(13-19)17-26/h4-7,18-21H,3,8-17H2,1-2H3,(H,27,30). The van der Waals surface area contributed by atoms with Crippen LogP contribution in [-0.2, 0) is 9.59 Å². The lowest BCUT2D eigenvalue weighted by molar-refractivity contribution is -0.159. The maximum atomic E-state index is 13.6. The molecule has 0 radical (unpaired) electrons. The first-order chi connectivity index (χ1) is 15.5. The maximum absolute atomic E-state index is 13.6. The molecule has 1 aliphatic heterocycles. The van der Waals surface area contributed by atoms with Crippen LogP contribution in [0.4, 0.5) is 5.69 Å². The number of hydrogen-bond acceptors (Lipinski definition) is 4. The number of benzene rings is 1. The highest BCUT2D eigenvalue weighted by atomic mass is 16.5.